The van der Waals surface area contributed by atoms with Crippen molar-refractivity contribution in [3.05, 3.63) is 59.7 Å². The summed E-state index contributed by atoms with van der Waals surface area (Å²) in [7, 11) is 2.08. The predicted molar refractivity (Wildman–Crippen MR) is 74.1 cm³/mol. The maximum absolute atomic E-state index is 5.78. The molecule has 2 aromatic carbocycles. The van der Waals surface area contributed by atoms with Crippen LogP contribution in [0.1, 0.15) is 11.1 Å². The first-order valence-electron chi connectivity index (χ1n) is 5.77. The molecule has 2 aromatic rings. The minimum absolute atomic E-state index is 0.804. The third kappa shape index (κ3) is 3.00. The van der Waals surface area contributed by atoms with Gasteiger partial charge in [-0.15, -0.1) is 0 Å². The summed E-state index contributed by atoms with van der Waals surface area (Å²) in [5, 5.41) is 0. The summed E-state index contributed by atoms with van der Waals surface area (Å²) in [5.41, 5.74) is 10.3. The van der Waals surface area contributed by atoms with E-state index in [2.05, 4.69) is 49.2 Å². The van der Waals surface area contributed by atoms with Gasteiger partial charge in [0.1, 0.15) is 0 Å². The summed E-state index contributed by atoms with van der Waals surface area (Å²) in [5.74, 6) is 0. The molecule has 0 amide bonds. The molecule has 0 unspecified atom stereocenters. The number of nitrogens with zero attached hydrogens (tertiary/aromatic N) is 1. The molecule has 0 heterocycles. The quantitative estimate of drug-likeness (QED) is 0.814. The molecule has 0 aliphatic rings. The summed E-state index contributed by atoms with van der Waals surface area (Å²) in [6.07, 6.45) is 0. The van der Waals surface area contributed by atoms with Gasteiger partial charge in [0.2, 0.25) is 0 Å². The van der Waals surface area contributed by atoms with Gasteiger partial charge in [-0.05, 0) is 30.7 Å². The van der Waals surface area contributed by atoms with Crippen LogP contribution < -0.4 is 10.6 Å². The zero-order chi connectivity index (χ0) is 12.3. The van der Waals surface area contributed by atoms with Gasteiger partial charge in [-0.25, -0.2) is 0 Å². The molecule has 17 heavy (non-hydrogen) atoms. The number of nitrogen functional groups attached to an aromatic ring is 1. The Morgan fingerprint density at radius 3 is 2.41 bits per heavy atom. The average Bonchev–Trinajstić information content (AvgIpc) is 2.32. The highest BCUT2D eigenvalue weighted by Crippen LogP contribution is 2.18. The molecule has 88 valence electrons. The van der Waals surface area contributed by atoms with E-state index in [0.29, 0.717) is 0 Å². The fourth-order valence-corrected chi connectivity index (χ4v) is 1.82. The number of nitrogens with two attached hydrogens (primary N) is 1. The largest absolute Gasteiger partial charge is 0.399 e. The Morgan fingerprint density at radius 2 is 1.76 bits per heavy atom. The topological polar surface area (TPSA) is 29.3 Å². The van der Waals surface area contributed by atoms with Crippen molar-refractivity contribution >= 4 is 11.4 Å². The molecule has 2 N–H and O–H groups in total. The van der Waals surface area contributed by atoms with Crippen LogP contribution in [0.4, 0.5) is 11.4 Å². The molecule has 0 aliphatic carbocycles. The molecule has 0 bridgehead atoms. The lowest BCUT2D eigenvalue weighted by Crippen LogP contribution is -2.16. The lowest BCUT2D eigenvalue weighted by molar-refractivity contribution is 0.923. The second-order valence-corrected chi connectivity index (χ2v) is 4.44. The van der Waals surface area contributed by atoms with Crippen molar-refractivity contribution in [2.75, 3.05) is 17.7 Å². The number of anilines is 2. The number of rotatable bonds is 3. The Morgan fingerprint density at radius 1 is 1.06 bits per heavy atom. The average molecular weight is 226 g/mol. The van der Waals surface area contributed by atoms with Crippen molar-refractivity contribution in [3.63, 3.8) is 0 Å². The maximum atomic E-state index is 5.78. The third-order valence-electron chi connectivity index (χ3n) is 2.85. The van der Waals surface area contributed by atoms with Gasteiger partial charge in [0.05, 0.1) is 0 Å². The predicted octanol–water partition coefficient (Wildman–Crippen LogP) is 3.21. The van der Waals surface area contributed by atoms with Crippen molar-refractivity contribution in [2.45, 2.75) is 13.5 Å². The smallest absolute Gasteiger partial charge is 0.0426 e. The minimum Gasteiger partial charge on any atom is -0.399 e. The molecule has 0 radical (unpaired) electrons. The molecule has 0 fully saturated rings. The summed E-state index contributed by atoms with van der Waals surface area (Å²) in [4.78, 5) is 2.20. The van der Waals surface area contributed by atoms with Crippen molar-refractivity contribution in [1.29, 1.82) is 0 Å². The summed E-state index contributed by atoms with van der Waals surface area (Å²) < 4.78 is 0. The number of hydrogen-bond acceptors (Lipinski definition) is 2. The zero-order valence-electron chi connectivity index (χ0n) is 10.4. The molecule has 2 nitrogen and oxygen atoms in total. The zero-order valence-corrected chi connectivity index (χ0v) is 10.4. The monoisotopic (exact) mass is 226 g/mol. The Kier molecular flexibility index (Phi) is 3.33. The fraction of sp³-hybridized carbons (Fsp3) is 0.200. The van der Waals surface area contributed by atoms with Crippen molar-refractivity contribution in [3.8, 4) is 0 Å². The first kappa shape index (κ1) is 11.5. The van der Waals surface area contributed by atoms with E-state index < -0.39 is 0 Å². The second-order valence-electron chi connectivity index (χ2n) is 4.44. The molecular formula is C15H18N2. The lowest BCUT2D eigenvalue weighted by atomic mass is 10.1. The highest BCUT2D eigenvalue weighted by molar-refractivity contribution is 5.55. The van der Waals surface area contributed by atoms with Crippen molar-refractivity contribution in [1.82, 2.24) is 0 Å². The maximum Gasteiger partial charge on any atom is 0.0426 e. The van der Waals surface area contributed by atoms with Crippen LogP contribution in [0.25, 0.3) is 0 Å². The van der Waals surface area contributed by atoms with E-state index in [0.717, 1.165) is 17.9 Å². The first-order chi connectivity index (χ1) is 8.15. The minimum atomic E-state index is 0.804. The van der Waals surface area contributed by atoms with Gasteiger partial charge in [0, 0.05) is 25.0 Å². The van der Waals surface area contributed by atoms with Crippen LogP contribution in [0, 0.1) is 6.92 Å². The second kappa shape index (κ2) is 4.91. The van der Waals surface area contributed by atoms with Crippen LogP contribution in [0.5, 0.6) is 0 Å². The molecule has 0 atom stereocenters. The lowest BCUT2D eigenvalue weighted by Gasteiger charge is -2.19. The number of aryl methyl sites for hydroxylation is 1. The molecule has 2 heteroatoms. The van der Waals surface area contributed by atoms with Crippen LogP contribution >= 0.6 is 0 Å². The third-order valence-corrected chi connectivity index (χ3v) is 2.85. The molecule has 0 saturated heterocycles. The fourth-order valence-electron chi connectivity index (χ4n) is 1.82. The van der Waals surface area contributed by atoms with Crippen LogP contribution in [0.3, 0.4) is 0 Å². The van der Waals surface area contributed by atoms with Crippen molar-refractivity contribution < 1.29 is 0 Å². The number of benzene rings is 2. The molecule has 0 saturated carbocycles. The van der Waals surface area contributed by atoms with Gasteiger partial charge in [-0.2, -0.15) is 0 Å². The van der Waals surface area contributed by atoms with E-state index in [1.165, 1.54) is 11.1 Å². The Bertz CT molecular complexity index is 489. The first-order valence-corrected chi connectivity index (χ1v) is 5.77. The van der Waals surface area contributed by atoms with Crippen LogP contribution in [-0.4, -0.2) is 7.05 Å². The van der Waals surface area contributed by atoms with Gasteiger partial charge < -0.3 is 10.6 Å². The summed E-state index contributed by atoms with van der Waals surface area (Å²) in [6, 6.07) is 16.6. The molecule has 0 aliphatic heterocycles. The highest BCUT2D eigenvalue weighted by Gasteiger charge is 2.02. The summed E-state index contributed by atoms with van der Waals surface area (Å²) in [6.45, 7) is 3.00. The van der Waals surface area contributed by atoms with Gasteiger partial charge in [0.15, 0.2) is 0 Å². The van der Waals surface area contributed by atoms with E-state index in [1.807, 2.05) is 18.2 Å². The Hall–Kier alpha value is -1.96. The van der Waals surface area contributed by atoms with Gasteiger partial charge in [0.25, 0.3) is 0 Å². The van der Waals surface area contributed by atoms with E-state index in [4.69, 9.17) is 5.73 Å². The Labute approximate surface area is 103 Å². The van der Waals surface area contributed by atoms with Crippen LogP contribution in [-0.2, 0) is 6.54 Å². The normalized spacial score (nSPS) is 10.2. The molecular weight excluding hydrogens is 208 g/mol. The standard InChI is InChI=1S/C15H18N2/c1-12-6-8-13(9-7-12)11-17(2)15-5-3-4-14(16)10-15/h3-10H,11,16H2,1-2H3. The van der Waals surface area contributed by atoms with E-state index in [-0.39, 0.29) is 0 Å². The number of hydrogen-bond donors (Lipinski definition) is 1. The Balaban J connectivity index is 2.11. The van der Waals surface area contributed by atoms with E-state index >= 15 is 0 Å². The highest BCUT2D eigenvalue weighted by atomic mass is 15.1. The molecule has 0 spiro atoms. The SMILES string of the molecule is Cc1ccc(CN(C)c2cccc(N)c2)cc1. The van der Waals surface area contributed by atoms with Gasteiger partial charge >= 0.3 is 0 Å². The molecule has 0 aromatic heterocycles. The van der Waals surface area contributed by atoms with Crippen molar-refractivity contribution in [2.24, 2.45) is 0 Å². The van der Waals surface area contributed by atoms with E-state index in [9.17, 15) is 0 Å². The van der Waals surface area contributed by atoms with Crippen LogP contribution in [0.2, 0.25) is 0 Å². The van der Waals surface area contributed by atoms with E-state index in [1.54, 1.807) is 0 Å². The van der Waals surface area contributed by atoms with Crippen LogP contribution in [0.15, 0.2) is 48.5 Å². The summed E-state index contributed by atoms with van der Waals surface area (Å²) >= 11 is 0. The molecule has 2 rings (SSSR count). The van der Waals surface area contributed by atoms with Gasteiger partial charge in [-0.1, -0.05) is 35.9 Å². The van der Waals surface area contributed by atoms with Gasteiger partial charge in [-0.3, -0.25) is 0 Å².